The topological polar surface area (TPSA) is 3.24 Å². The highest BCUT2D eigenvalue weighted by Gasteiger charge is 2.46. The van der Waals surface area contributed by atoms with Crippen molar-refractivity contribution in [2.45, 2.75) is 5.41 Å². The van der Waals surface area contributed by atoms with Crippen molar-refractivity contribution in [3.63, 3.8) is 0 Å². The summed E-state index contributed by atoms with van der Waals surface area (Å²) in [6.45, 7) is 0. The summed E-state index contributed by atoms with van der Waals surface area (Å²) >= 11 is 1.90. The third-order valence-corrected chi connectivity index (χ3v) is 12.7. The summed E-state index contributed by atoms with van der Waals surface area (Å²) in [4.78, 5) is 2.53. The first-order valence-electron chi connectivity index (χ1n) is 18.9. The first-order chi connectivity index (χ1) is 27.3. The Balaban J connectivity index is 1.29. The summed E-state index contributed by atoms with van der Waals surface area (Å²) in [5.41, 5.74) is 13.0. The lowest BCUT2D eigenvalue weighted by Crippen LogP contribution is -2.28. The normalized spacial score (nSPS) is 12.9. The summed E-state index contributed by atoms with van der Waals surface area (Å²) in [6, 6.07) is 78.2. The number of anilines is 3. The van der Waals surface area contributed by atoms with Gasteiger partial charge in [-0.2, -0.15) is 0 Å². The molecule has 9 aromatic carbocycles. The number of para-hydroxylation sites is 1. The molecule has 0 spiro atoms. The predicted octanol–water partition coefficient (Wildman–Crippen LogP) is 14.7. The lowest BCUT2D eigenvalue weighted by molar-refractivity contribution is 0.768. The Kier molecular flexibility index (Phi) is 7.33. The third kappa shape index (κ3) is 4.72. The zero-order valence-electron chi connectivity index (χ0n) is 30.1. The highest BCUT2D eigenvalue weighted by atomic mass is 32.1. The Morgan fingerprint density at radius 3 is 1.65 bits per heavy atom. The number of rotatable bonds is 6. The summed E-state index contributed by atoms with van der Waals surface area (Å²) in [5, 5.41) is 5.09. The summed E-state index contributed by atoms with van der Waals surface area (Å²) in [5.74, 6) is 0. The molecular weight excluding hydrogens is 683 g/mol. The van der Waals surface area contributed by atoms with Crippen LogP contribution in [0.1, 0.15) is 22.3 Å². The van der Waals surface area contributed by atoms with Crippen LogP contribution in [0.4, 0.5) is 17.1 Å². The van der Waals surface area contributed by atoms with Crippen LogP contribution < -0.4 is 4.90 Å². The lowest BCUT2D eigenvalue weighted by Gasteiger charge is -2.35. The van der Waals surface area contributed by atoms with Gasteiger partial charge in [0, 0.05) is 47.9 Å². The van der Waals surface area contributed by atoms with Crippen LogP contribution in [0.5, 0.6) is 0 Å². The van der Waals surface area contributed by atoms with Gasteiger partial charge in [-0.1, -0.05) is 182 Å². The van der Waals surface area contributed by atoms with E-state index in [1.807, 2.05) is 11.3 Å². The number of fused-ring (bicyclic) bond motifs is 8. The van der Waals surface area contributed by atoms with E-state index in [2.05, 4.69) is 217 Å². The average molecular weight is 718 g/mol. The maximum Gasteiger partial charge on any atom is 0.0714 e. The Morgan fingerprint density at radius 1 is 0.400 bits per heavy atom. The van der Waals surface area contributed by atoms with Crippen LogP contribution in [-0.4, -0.2) is 0 Å². The molecule has 1 aliphatic carbocycles. The SMILES string of the molecule is c1ccc(-c2c(N(c3ccccc3)c3ccc4c(c3)C(c3ccccc3)(c3ccccc3)c3ccccc3-4)c3ccccc3c3sc4ccccc4c23)cc1. The van der Waals surface area contributed by atoms with E-state index in [0.29, 0.717) is 0 Å². The molecule has 1 aromatic heterocycles. The van der Waals surface area contributed by atoms with Crippen LogP contribution in [0.25, 0.3) is 53.2 Å². The van der Waals surface area contributed by atoms with E-state index in [-0.39, 0.29) is 0 Å². The minimum atomic E-state index is -0.509. The maximum atomic E-state index is 2.53. The van der Waals surface area contributed by atoms with Crippen molar-refractivity contribution >= 4 is 59.3 Å². The molecule has 11 rings (SSSR count). The van der Waals surface area contributed by atoms with E-state index in [0.717, 1.165) is 11.4 Å². The van der Waals surface area contributed by atoms with Gasteiger partial charge in [-0.05, 0) is 69.3 Å². The van der Waals surface area contributed by atoms with Gasteiger partial charge in [0.1, 0.15) is 0 Å². The van der Waals surface area contributed by atoms with E-state index < -0.39 is 5.41 Å². The fraction of sp³-hybridized carbons (Fsp3) is 0.0189. The molecule has 0 amide bonds. The van der Waals surface area contributed by atoms with Gasteiger partial charge < -0.3 is 4.90 Å². The van der Waals surface area contributed by atoms with Gasteiger partial charge in [-0.15, -0.1) is 11.3 Å². The minimum Gasteiger partial charge on any atom is -0.309 e. The fourth-order valence-electron chi connectivity index (χ4n) is 9.30. The average Bonchev–Trinajstić information content (AvgIpc) is 3.79. The van der Waals surface area contributed by atoms with Crippen LogP contribution in [0.3, 0.4) is 0 Å². The van der Waals surface area contributed by atoms with E-state index >= 15 is 0 Å². The van der Waals surface area contributed by atoms with E-state index in [4.69, 9.17) is 0 Å². The molecule has 0 saturated carbocycles. The first-order valence-corrected chi connectivity index (χ1v) is 19.8. The van der Waals surface area contributed by atoms with Gasteiger partial charge in [0.2, 0.25) is 0 Å². The van der Waals surface area contributed by atoms with Crippen LogP contribution in [0.2, 0.25) is 0 Å². The van der Waals surface area contributed by atoms with E-state index in [9.17, 15) is 0 Å². The maximum absolute atomic E-state index is 2.53. The molecule has 0 bridgehead atoms. The Morgan fingerprint density at radius 2 is 0.945 bits per heavy atom. The second kappa shape index (κ2) is 12.7. The largest absolute Gasteiger partial charge is 0.309 e. The molecule has 0 fully saturated rings. The Labute approximate surface area is 325 Å². The molecule has 1 nitrogen and oxygen atoms in total. The van der Waals surface area contributed by atoms with E-state index in [1.54, 1.807) is 0 Å². The van der Waals surface area contributed by atoms with Gasteiger partial charge in [-0.3, -0.25) is 0 Å². The molecule has 2 heteroatoms. The molecule has 0 saturated heterocycles. The van der Waals surface area contributed by atoms with Crippen molar-refractivity contribution in [1.82, 2.24) is 0 Å². The summed E-state index contributed by atoms with van der Waals surface area (Å²) in [7, 11) is 0. The molecule has 55 heavy (non-hydrogen) atoms. The molecule has 10 aromatic rings. The molecule has 0 N–H and O–H groups in total. The van der Waals surface area contributed by atoms with Crippen LogP contribution in [-0.2, 0) is 5.41 Å². The smallest absolute Gasteiger partial charge is 0.0714 e. The van der Waals surface area contributed by atoms with Crippen LogP contribution in [0.15, 0.2) is 212 Å². The second-order valence-corrected chi connectivity index (χ2v) is 15.4. The number of nitrogens with zero attached hydrogens (tertiary/aromatic N) is 1. The van der Waals surface area contributed by atoms with Crippen LogP contribution >= 0.6 is 11.3 Å². The Hall–Kier alpha value is -6.74. The van der Waals surface area contributed by atoms with Crippen LogP contribution in [0, 0.1) is 0 Å². The molecule has 0 aliphatic heterocycles. The van der Waals surface area contributed by atoms with Crippen molar-refractivity contribution < 1.29 is 0 Å². The van der Waals surface area contributed by atoms with Gasteiger partial charge >= 0.3 is 0 Å². The third-order valence-electron chi connectivity index (χ3n) is 11.5. The minimum absolute atomic E-state index is 0.509. The molecule has 1 aliphatic rings. The van der Waals surface area contributed by atoms with Crippen molar-refractivity contribution in [1.29, 1.82) is 0 Å². The fourth-order valence-corrected chi connectivity index (χ4v) is 10.5. The number of hydrogen-bond donors (Lipinski definition) is 0. The molecule has 0 unspecified atom stereocenters. The summed E-state index contributed by atoms with van der Waals surface area (Å²) < 4.78 is 2.62. The highest BCUT2D eigenvalue weighted by Crippen LogP contribution is 2.58. The van der Waals surface area contributed by atoms with Gasteiger partial charge in [0.15, 0.2) is 0 Å². The monoisotopic (exact) mass is 717 g/mol. The molecular formula is C53H35NS. The van der Waals surface area contributed by atoms with Crippen molar-refractivity contribution in [2.24, 2.45) is 0 Å². The molecule has 258 valence electrons. The van der Waals surface area contributed by atoms with Crippen molar-refractivity contribution in [3.8, 4) is 22.3 Å². The van der Waals surface area contributed by atoms with Crippen molar-refractivity contribution in [2.75, 3.05) is 4.90 Å². The quantitative estimate of drug-likeness (QED) is 0.166. The molecule has 0 radical (unpaired) electrons. The zero-order chi connectivity index (χ0) is 36.3. The van der Waals surface area contributed by atoms with Gasteiger partial charge in [0.05, 0.1) is 11.1 Å². The standard InChI is InChI=1S/C53H35NS/c1-5-19-36(20-6-1)49-50-45-30-16-18-32-48(45)55-52(50)44-29-14-13-28-43(44)51(49)54(39-25-11-4-12-26-39)40-33-34-42-41-27-15-17-31-46(41)53(47(42)35-40,37-21-7-2-8-22-37)38-23-9-3-10-24-38/h1-35H. The van der Waals surface area contributed by atoms with Gasteiger partial charge in [-0.25, -0.2) is 0 Å². The first kappa shape index (κ1) is 31.8. The zero-order valence-corrected chi connectivity index (χ0v) is 30.9. The highest BCUT2D eigenvalue weighted by molar-refractivity contribution is 7.26. The Bertz CT molecular complexity index is 2980. The number of thiophene rings is 1. The molecule has 1 heterocycles. The predicted molar refractivity (Wildman–Crippen MR) is 234 cm³/mol. The second-order valence-electron chi connectivity index (χ2n) is 14.4. The number of benzene rings is 9. The lowest BCUT2D eigenvalue weighted by atomic mass is 9.67. The summed E-state index contributed by atoms with van der Waals surface area (Å²) in [6.07, 6.45) is 0. The van der Waals surface area contributed by atoms with Gasteiger partial charge in [0.25, 0.3) is 0 Å². The van der Waals surface area contributed by atoms with E-state index in [1.165, 1.54) is 81.1 Å². The van der Waals surface area contributed by atoms with Crippen molar-refractivity contribution in [3.05, 3.63) is 235 Å². The number of hydrogen-bond acceptors (Lipinski definition) is 2. The molecule has 0 atom stereocenters.